The van der Waals surface area contributed by atoms with E-state index in [1.54, 1.807) is 11.3 Å². The van der Waals surface area contributed by atoms with Gasteiger partial charge in [0.2, 0.25) is 0 Å². The normalized spacial score (nSPS) is 23.2. The quantitative estimate of drug-likeness (QED) is 0.659. The van der Waals surface area contributed by atoms with E-state index in [0.717, 1.165) is 30.3 Å². The predicted molar refractivity (Wildman–Crippen MR) is 65.8 cm³/mol. The molecule has 0 bridgehead atoms. The fourth-order valence-electron chi connectivity index (χ4n) is 1.90. The van der Waals surface area contributed by atoms with Gasteiger partial charge in [0.15, 0.2) is 0 Å². The molecule has 0 radical (unpaired) electrons. The second-order valence-electron chi connectivity index (χ2n) is 3.76. The van der Waals surface area contributed by atoms with Crippen molar-refractivity contribution in [1.82, 2.24) is 5.43 Å². The van der Waals surface area contributed by atoms with E-state index < -0.39 is 0 Å². The molecule has 1 saturated heterocycles. The van der Waals surface area contributed by atoms with E-state index in [2.05, 4.69) is 32.8 Å². The number of thiophene rings is 1. The third kappa shape index (κ3) is 3.01. The Hall–Kier alpha value is 0.0600. The van der Waals surface area contributed by atoms with Crippen molar-refractivity contribution in [2.24, 2.45) is 5.84 Å². The lowest BCUT2D eigenvalue weighted by Crippen LogP contribution is -2.45. The van der Waals surface area contributed by atoms with Crippen molar-refractivity contribution in [3.8, 4) is 0 Å². The van der Waals surface area contributed by atoms with E-state index in [0.29, 0.717) is 0 Å². The third-order valence-corrected chi connectivity index (χ3v) is 4.39. The van der Waals surface area contributed by atoms with Crippen LogP contribution in [-0.4, -0.2) is 18.8 Å². The Morgan fingerprint density at radius 2 is 2.60 bits per heavy atom. The summed E-state index contributed by atoms with van der Waals surface area (Å²) in [5, 5.41) is 2.10. The fraction of sp³-hybridized carbons (Fsp3) is 0.600. The molecule has 0 spiro atoms. The van der Waals surface area contributed by atoms with Crippen LogP contribution in [0.15, 0.2) is 15.9 Å². The van der Waals surface area contributed by atoms with Gasteiger partial charge in [-0.25, -0.2) is 0 Å². The van der Waals surface area contributed by atoms with Gasteiger partial charge in [-0.05, 0) is 34.8 Å². The molecule has 5 heteroatoms. The molecular weight excluding hydrogens is 276 g/mol. The van der Waals surface area contributed by atoms with Gasteiger partial charge >= 0.3 is 0 Å². The summed E-state index contributed by atoms with van der Waals surface area (Å²) >= 11 is 5.21. The summed E-state index contributed by atoms with van der Waals surface area (Å²) in [5.74, 6) is 5.57. The Bertz CT molecular complexity index is 312. The molecule has 0 amide bonds. The molecule has 3 N–H and O–H groups in total. The first-order chi connectivity index (χ1) is 7.29. The van der Waals surface area contributed by atoms with Gasteiger partial charge in [-0.3, -0.25) is 11.3 Å². The smallest absolute Gasteiger partial charge is 0.0745 e. The maximum atomic E-state index is 5.64. The van der Waals surface area contributed by atoms with Crippen LogP contribution >= 0.6 is 27.3 Å². The Labute approximate surface area is 102 Å². The molecule has 1 aliphatic heterocycles. The SMILES string of the molecule is NNC(Cc1cc(Br)cs1)C1CCCO1. The first-order valence-corrected chi connectivity index (χ1v) is 6.77. The van der Waals surface area contributed by atoms with Crippen molar-refractivity contribution < 1.29 is 4.74 Å². The molecule has 0 saturated carbocycles. The first-order valence-electron chi connectivity index (χ1n) is 5.10. The molecule has 1 aromatic heterocycles. The maximum Gasteiger partial charge on any atom is 0.0745 e. The van der Waals surface area contributed by atoms with Crippen LogP contribution < -0.4 is 11.3 Å². The van der Waals surface area contributed by atoms with Crippen molar-refractivity contribution in [3.63, 3.8) is 0 Å². The zero-order chi connectivity index (χ0) is 10.7. The van der Waals surface area contributed by atoms with Gasteiger partial charge in [0, 0.05) is 27.8 Å². The highest BCUT2D eigenvalue weighted by molar-refractivity contribution is 9.10. The minimum Gasteiger partial charge on any atom is -0.377 e. The average Bonchev–Trinajstić information content (AvgIpc) is 2.85. The molecule has 2 atom stereocenters. The molecular formula is C10H15BrN2OS. The van der Waals surface area contributed by atoms with Gasteiger partial charge in [0.25, 0.3) is 0 Å². The molecule has 84 valence electrons. The summed E-state index contributed by atoms with van der Waals surface area (Å²) in [6, 6.07) is 2.38. The third-order valence-electron chi connectivity index (χ3n) is 2.67. The van der Waals surface area contributed by atoms with Crippen LogP contribution in [0.1, 0.15) is 17.7 Å². The van der Waals surface area contributed by atoms with Crippen LogP contribution in [-0.2, 0) is 11.2 Å². The zero-order valence-corrected chi connectivity index (χ0v) is 10.8. The summed E-state index contributed by atoms with van der Waals surface area (Å²) in [5.41, 5.74) is 2.87. The highest BCUT2D eigenvalue weighted by Crippen LogP contribution is 2.24. The second kappa shape index (κ2) is 5.41. The lowest BCUT2D eigenvalue weighted by Gasteiger charge is -2.21. The number of halogens is 1. The van der Waals surface area contributed by atoms with Crippen LogP contribution in [0.2, 0.25) is 0 Å². The van der Waals surface area contributed by atoms with Gasteiger partial charge in [-0.15, -0.1) is 11.3 Å². The average molecular weight is 291 g/mol. The van der Waals surface area contributed by atoms with Gasteiger partial charge in [-0.1, -0.05) is 0 Å². The van der Waals surface area contributed by atoms with E-state index in [9.17, 15) is 0 Å². The molecule has 2 heterocycles. The highest BCUT2D eigenvalue weighted by atomic mass is 79.9. The van der Waals surface area contributed by atoms with E-state index >= 15 is 0 Å². The van der Waals surface area contributed by atoms with Crippen molar-refractivity contribution in [2.75, 3.05) is 6.61 Å². The van der Waals surface area contributed by atoms with Gasteiger partial charge < -0.3 is 4.74 Å². The number of nitrogens with two attached hydrogens (primary N) is 1. The minimum atomic E-state index is 0.234. The molecule has 2 unspecified atom stereocenters. The van der Waals surface area contributed by atoms with E-state index in [1.165, 1.54) is 4.88 Å². The molecule has 0 aliphatic carbocycles. The number of ether oxygens (including phenoxy) is 1. The topological polar surface area (TPSA) is 47.3 Å². The summed E-state index contributed by atoms with van der Waals surface area (Å²) in [6.07, 6.45) is 3.48. The number of rotatable bonds is 4. The standard InChI is InChI=1S/C10H15BrN2OS/c11-7-4-8(15-6-7)5-9(13-12)10-2-1-3-14-10/h4,6,9-10,13H,1-3,5,12H2. The molecule has 15 heavy (non-hydrogen) atoms. The predicted octanol–water partition coefficient (Wildman–Crippen LogP) is 2.06. The molecule has 1 aromatic rings. The number of hydrogen-bond acceptors (Lipinski definition) is 4. The fourth-order valence-corrected chi connectivity index (χ4v) is 3.41. The number of hydrazine groups is 1. The van der Waals surface area contributed by atoms with E-state index in [4.69, 9.17) is 10.6 Å². The van der Waals surface area contributed by atoms with Crippen molar-refractivity contribution in [1.29, 1.82) is 0 Å². The van der Waals surface area contributed by atoms with Gasteiger partial charge in [-0.2, -0.15) is 0 Å². The van der Waals surface area contributed by atoms with E-state index in [-0.39, 0.29) is 12.1 Å². The summed E-state index contributed by atoms with van der Waals surface area (Å²) < 4.78 is 6.78. The number of nitrogens with one attached hydrogen (secondary N) is 1. The van der Waals surface area contributed by atoms with Crippen LogP contribution in [0.3, 0.4) is 0 Å². The summed E-state index contributed by atoms with van der Waals surface area (Å²) in [4.78, 5) is 1.33. The summed E-state index contributed by atoms with van der Waals surface area (Å²) in [6.45, 7) is 0.872. The Morgan fingerprint density at radius 3 is 3.13 bits per heavy atom. The molecule has 3 nitrogen and oxygen atoms in total. The molecule has 0 aromatic carbocycles. The largest absolute Gasteiger partial charge is 0.377 e. The van der Waals surface area contributed by atoms with Crippen molar-refractivity contribution >= 4 is 27.3 Å². The lowest BCUT2D eigenvalue weighted by atomic mass is 10.0. The van der Waals surface area contributed by atoms with E-state index in [1.807, 2.05) is 0 Å². The number of hydrogen-bond donors (Lipinski definition) is 2. The summed E-state index contributed by atoms with van der Waals surface area (Å²) in [7, 11) is 0. The van der Waals surface area contributed by atoms with Gasteiger partial charge in [0.05, 0.1) is 12.1 Å². The Morgan fingerprint density at radius 1 is 1.73 bits per heavy atom. The molecule has 1 aliphatic rings. The van der Waals surface area contributed by atoms with Crippen LogP contribution in [0.25, 0.3) is 0 Å². The monoisotopic (exact) mass is 290 g/mol. The minimum absolute atomic E-state index is 0.234. The van der Waals surface area contributed by atoms with Crippen molar-refractivity contribution in [3.05, 3.63) is 20.8 Å². The van der Waals surface area contributed by atoms with Gasteiger partial charge in [0.1, 0.15) is 0 Å². The van der Waals surface area contributed by atoms with Crippen LogP contribution in [0, 0.1) is 0 Å². The Kier molecular flexibility index (Phi) is 4.16. The Balaban J connectivity index is 1.95. The zero-order valence-electron chi connectivity index (χ0n) is 8.41. The van der Waals surface area contributed by atoms with Crippen LogP contribution in [0.4, 0.5) is 0 Å². The van der Waals surface area contributed by atoms with Crippen molar-refractivity contribution in [2.45, 2.75) is 31.4 Å². The maximum absolute atomic E-state index is 5.64. The second-order valence-corrected chi connectivity index (χ2v) is 5.67. The first kappa shape index (κ1) is 11.5. The molecule has 2 rings (SSSR count). The lowest BCUT2D eigenvalue weighted by molar-refractivity contribution is 0.0787. The molecule has 1 fully saturated rings. The van der Waals surface area contributed by atoms with Crippen LogP contribution in [0.5, 0.6) is 0 Å². The highest BCUT2D eigenvalue weighted by Gasteiger charge is 2.25.